The van der Waals surface area contributed by atoms with E-state index in [-0.39, 0.29) is 6.04 Å². The lowest BCUT2D eigenvalue weighted by atomic mass is 9.99. The second-order valence-corrected chi connectivity index (χ2v) is 4.04. The van der Waals surface area contributed by atoms with Gasteiger partial charge in [-0.3, -0.25) is 0 Å². The number of aryl methyl sites for hydroxylation is 2. The third-order valence-electron chi connectivity index (χ3n) is 2.81. The van der Waals surface area contributed by atoms with E-state index in [1.165, 1.54) is 11.1 Å². The number of aromatic nitrogens is 2. The van der Waals surface area contributed by atoms with Crippen LogP contribution in [0.15, 0.2) is 36.8 Å². The minimum Gasteiger partial charge on any atom is -0.340 e. The molecule has 1 N–H and O–H groups in total. The van der Waals surface area contributed by atoms with E-state index in [9.17, 15) is 0 Å². The molecule has 1 aromatic heterocycles. The van der Waals surface area contributed by atoms with Crippen molar-refractivity contribution in [3.05, 3.63) is 53.6 Å². The molecule has 2 rings (SSSR count). The summed E-state index contributed by atoms with van der Waals surface area (Å²) >= 11 is 0. The number of rotatable bonds is 3. The fraction of sp³-hybridized carbons (Fsp3) is 0.308. The Morgan fingerprint density at radius 2 is 2.06 bits per heavy atom. The van der Waals surface area contributed by atoms with Crippen molar-refractivity contribution in [1.29, 1.82) is 0 Å². The van der Waals surface area contributed by atoms with E-state index < -0.39 is 0 Å². The Kier molecular flexibility index (Phi) is 3.06. The maximum Gasteiger partial charge on any atom is 0.0947 e. The van der Waals surface area contributed by atoms with Crippen molar-refractivity contribution >= 4 is 0 Å². The van der Waals surface area contributed by atoms with Gasteiger partial charge in [-0.2, -0.15) is 0 Å². The van der Waals surface area contributed by atoms with Gasteiger partial charge < -0.3 is 9.88 Å². The predicted octanol–water partition coefficient (Wildman–Crippen LogP) is 2.04. The second-order valence-electron chi connectivity index (χ2n) is 4.04. The molecule has 16 heavy (non-hydrogen) atoms. The highest BCUT2D eigenvalue weighted by atomic mass is 15.0. The number of hydrogen-bond acceptors (Lipinski definition) is 2. The maximum atomic E-state index is 4.40. The molecule has 3 heteroatoms. The van der Waals surface area contributed by atoms with Crippen LogP contribution < -0.4 is 5.32 Å². The summed E-state index contributed by atoms with van der Waals surface area (Å²) in [5, 5.41) is 3.31. The molecule has 0 bridgehead atoms. The molecule has 0 amide bonds. The molecule has 0 fully saturated rings. The van der Waals surface area contributed by atoms with Crippen molar-refractivity contribution in [3.63, 3.8) is 0 Å². The van der Waals surface area contributed by atoms with Gasteiger partial charge in [-0.05, 0) is 25.1 Å². The number of benzene rings is 1. The molecule has 0 aliphatic carbocycles. The first-order valence-electron chi connectivity index (χ1n) is 5.43. The minimum absolute atomic E-state index is 0.169. The largest absolute Gasteiger partial charge is 0.340 e. The van der Waals surface area contributed by atoms with E-state index in [0.717, 1.165) is 5.69 Å². The van der Waals surface area contributed by atoms with Crippen LogP contribution in [0.5, 0.6) is 0 Å². The first-order chi connectivity index (χ1) is 7.72. The van der Waals surface area contributed by atoms with Crippen LogP contribution in [0.2, 0.25) is 0 Å². The molecule has 84 valence electrons. The molecule has 2 aromatic rings. The van der Waals surface area contributed by atoms with Gasteiger partial charge in [0.15, 0.2) is 0 Å². The molecule has 1 heterocycles. The molecule has 1 unspecified atom stereocenters. The van der Waals surface area contributed by atoms with Gasteiger partial charge in [0.25, 0.3) is 0 Å². The summed E-state index contributed by atoms with van der Waals surface area (Å²) in [6.07, 6.45) is 3.88. The lowest BCUT2D eigenvalue weighted by molar-refractivity contribution is 0.670. The van der Waals surface area contributed by atoms with Gasteiger partial charge in [0.05, 0.1) is 18.1 Å². The summed E-state index contributed by atoms with van der Waals surface area (Å²) in [7, 11) is 3.95. The second kappa shape index (κ2) is 4.49. The van der Waals surface area contributed by atoms with Gasteiger partial charge in [-0.25, -0.2) is 4.98 Å². The molecule has 0 radical (unpaired) electrons. The summed E-state index contributed by atoms with van der Waals surface area (Å²) in [5.74, 6) is 0. The van der Waals surface area contributed by atoms with Crippen molar-refractivity contribution in [1.82, 2.24) is 14.9 Å². The Balaban J connectivity index is 2.40. The lowest BCUT2D eigenvalue weighted by Gasteiger charge is -2.16. The zero-order chi connectivity index (χ0) is 11.5. The quantitative estimate of drug-likeness (QED) is 0.849. The summed E-state index contributed by atoms with van der Waals surface area (Å²) < 4.78 is 1.97. The van der Waals surface area contributed by atoms with Crippen LogP contribution in [0.25, 0.3) is 0 Å². The van der Waals surface area contributed by atoms with Crippen LogP contribution in [0.3, 0.4) is 0 Å². The molecule has 0 aliphatic rings. The highest BCUT2D eigenvalue weighted by Crippen LogP contribution is 2.22. The fourth-order valence-corrected chi connectivity index (χ4v) is 1.96. The Bertz CT molecular complexity index is 474. The third-order valence-corrected chi connectivity index (χ3v) is 2.81. The molecular weight excluding hydrogens is 198 g/mol. The van der Waals surface area contributed by atoms with E-state index in [1.54, 1.807) is 0 Å². The first-order valence-corrected chi connectivity index (χ1v) is 5.43. The fourth-order valence-electron chi connectivity index (χ4n) is 1.96. The molecular formula is C13H17N3. The average Bonchev–Trinajstić information content (AvgIpc) is 2.69. The number of nitrogens with one attached hydrogen (secondary N) is 1. The monoisotopic (exact) mass is 215 g/mol. The highest BCUT2D eigenvalue weighted by molar-refractivity contribution is 5.33. The zero-order valence-electron chi connectivity index (χ0n) is 9.94. The van der Waals surface area contributed by atoms with Gasteiger partial charge in [0.2, 0.25) is 0 Å². The molecule has 0 spiro atoms. The normalized spacial score (nSPS) is 12.7. The minimum atomic E-state index is 0.169. The number of imidazole rings is 1. The summed E-state index contributed by atoms with van der Waals surface area (Å²) in [4.78, 5) is 4.40. The van der Waals surface area contributed by atoms with Crippen LogP contribution in [-0.4, -0.2) is 16.6 Å². The van der Waals surface area contributed by atoms with Crippen LogP contribution in [-0.2, 0) is 7.05 Å². The Labute approximate surface area is 96.1 Å². The molecule has 3 nitrogen and oxygen atoms in total. The molecule has 1 atom stereocenters. The Hall–Kier alpha value is -1.61. The number of hydrogen-bond donors (Lipinski definition) is 1. The van der Waals surface area contributed by atoms with E-state index >= 15 is 0 Å². The number of nitrogens with zero attached hydrogens (tertiary/aromatic N) is 2. The van der Waals surface area contributed by atoms with Crippen molar-refractivity contribution < 1.29 is 0 Å². The van der Waals surface area contributed by atoms with Crippen molar-refractivity contribution in [2.24, 2.45) is 7.05 Å². The van der Waals surface area contributed by atoms with Gasteiger partial charge in [0.1, 0.15) is 0 Å². The molecule has 0 saturated carbocycles. The van der Waals surface area contributed by atoms with Gasteiger partial charge in [-0.1, -0.05) is 24.3 Å². The van der Waals surface area contributed by atoms with E-state index in [0.29, 0.717) is 0 Å². The third kappa shape index (κ3) is 1.99. The van der Waals surface area contributed by atoms with Crippen molar-refractivity contribution in [2.75, 3.05) is 7.05 Å². The first kappa shape index (κ1) is 10.9. The van der Waals surface area contributed by atoms with Crippen LogP contribution in [0.1, 0.15) is 22.9 Å². The van der Waals surface area contributed by atoms with E-state index in [1.807, 2.05) is 31.2 Å². The van der Waals surface area contributed by atoms with Gasteiger partial charge in [0, 0.05) is 13.2 Å². The molecule has 0 saturated heterocycles. The molecule has 0 aliphatic heterocycles. The summed E-state index contributed by atoms with van der Waals surface area (Å²) in [6.45, 7) is 2.13. The summed E-state index contributed by atoms with van der Waals surface area (Å²) in [6, 6.07) is 8.57. The SMILES string of the molecule is CNC(c1cn(C)cn1)c1ccccc1C. The predicted molar refractivity (Wildman–Crippen MR) is 65.3 cm³/mol. The molecule has 1 aromatic carbocycles. The van der Waals surface area contributed by atoms with Crippen LogP contribution in [0.4, 0.5) is 0 Å². The van der Waals surface area contributed by atoms with Crippen molar-refractivity contribution in [3.8, 4) is 0 Å². The van der Waals surface area contributed by atoms with E-state index in [4.69, 9.17) is 0 Å². The Morgan fingerprint density at radius 1 is 1.31 bits per heavy atom. The van der Waals surface area contributed by atoms with Gasteiger partial charge >= 0.3 is 0 Å². The summed E-state index contributed by atoms with van der Waals surface area (Å²) in [5.41, 5.74) is 3.62. The topological polar surface area (TPSA) is 29.9 Å². The van der Waals surface area contributed by atoms with Gasteiger partial charge in [-0.15, -0.1) is 0 Å². The van der Waals surface area contributed by atoms with Crippen molar-refractivity contribution in [2.45, 2.75) is 13.0 Å². The Morgan fingerprint density at radius 3 is 2.62 bits per heavy atom. The average molecular weight is 215 g/mol. The standard InChI is InChI=1S/C13H17N3/c1-10-6-4-5-7-11(10)13(14-2)12-8-16(3)9-15-12/h4-9,13-14H,1-3H3. The van der Waals surface area contributed by atoms with Crippen LogP contribution in [0, 0.1) is 6.92 Å². The maximum absolute atomic E-state index is 4.40. The van der Waals surface area contributed by atoms with Crippen LogP contribution >= 0.6 is 0 Å². The highest BCUT2D eigenvalue weighted by Gasteiger charge is 2.15. The lowest BCUT2D eigenvalue weighted by Crippen LogP contribution is -2.19. The smallest absolute Gasteiger partial charge is 0.0947 e. The van der Waals surface area contributed by atoms with E-state index in [2.05, 4.69) is 41.5 Å². The zero-order valence-corrected chi connectivity index (χ0v) is 9.94.